The smallest absolute Gasteiger partial charge is 0.199 e. The molecule has 180 valence electrons. The molecule has 0 fully saturated rings. The lowest BCUT2D eigenvalue weighted by molar-refractivity contribution is 0.0515. The molecule has 6 nitrogen and oxygen atoms in total. The molecule has 7 heteroatoms. The van der Waals surface area contributed by atoms with Gasteiger partial charge >= 0.3 is 0 Å². The molecular weight excluding hydrogens is 414 g/mol. The summed E-state index contributed by atoms with van der Waals surface area (Å²) in [5.41, 5.74) is 0. The van der Waals surface area contributed by atoms with E-state index in [1.807, 2.05) is 0 Å². The number of benzene rings is 1. The van der Waals surface area contributed by atoms with E-state index in [0.717, 1.165) is 19.3 Å². The second kappa shape index (κ2) is 15.8. The van der Waals surface area contributed by atoms with Gasteiger partial charge in [0.25, 0.3) is 0 Å². The summed E-state index contributed by atoms with van der Waals surface area (Å²) in [6, 6.07) is 8.15. The molecule has 0 saturated carbocycles. The molecule has 0 amide bonds. The molecular formula is C24H43NO5S. The summed E-state index contributed by atoms with van der Waals surface area (Å²) >= 11 is 0. The maximum atomic E-state index is 13.6. The maximum Gasteiger partial charge on any atom is 0.199 e. The van der Waals surface area contributed by atoms with Crippen LogP contribution in [0.1, 0.15) is 77.6 Å². The van der Waals surface area contributed by atoms with E-state index in [1.165, 1.54) is 55.6 Å². The van der Waals surface area contributed by atoms with Gasteiger partial charge in [-0.2, -0.15) is 0 Å². The third-order valence-corrected chi connectivity index (χ3v) is 8.52. The summed E-state index contributed by atoms with van der Waals surface area (Å²) in [4.78, 5) is 0.125. The molecule has 0 aliphatic heterocycles. The van der Waals surface area contributed by atoms with Crippen molar-refractivity contribution in [1.82, 2.24) is 4.90 Å². The first-order valence-electron chi connectivity index (χ1n) is 11.9. The van der Waals surface area contributed by atoms with Crippen molar-refractivity contribution in [2.45, 2.75) is 87.3 Å². The van der Waals surface area contributed by atoms with Gasteiger partial charge in [0.1, 0.15) is 0 Å². The Morgan fingerprint density at radius 1 is 0.774 bits per heavy atom. The van der Waals surface area contributed by atoms with Crippen molar-refractivity contribution < 1.29 is 23.7 Å². The lowest BCUT2D eigenvalue weighted by Crippen LogP contribution is -2.58. The van der Waals surface area contributed by atoms with Crippen molar-refractivity contribution in [3.8, 4) is 0 Å². The first-order chi connectivity index (χ1) is 15.0. The van der Waals surface area contributed by atoms with Crippen LogP contribution >= 0.6 is 0 Å². The van der Waals surface area contributed by atoms with Crippen LogP contribution in [-0.2, 0) is 9.84 Å². The van der Waals surface area contributed by atoms with Crippen LogP contribution in [0.15, 0.2) is 35.2 Å². The number of nitrogens with zero attached hydrogens (tertiary/aromatic N) is 1. The molecule has 1 unspecified atom stereocenters. The standard InChI is InChI=1S/C24H43NO5S/c1-2-3-4-5-6-7-8-9-10-14-17-24(22-28,25(18-20-26)19-21-27)31(29,30)23-15-12-11-13-16-23/h11-13,15-16,26-28H,2-10,14,17-22H2,1H3. The second-order valence-corrected chi connectivity index (χ2v) is 10.5. The predicted molar refractivity (Wildman–Crippen MR) is 126 cm³/mol. The van der Waals surface area contributed by atoms with Crippen molar-refractivity contribution in [3.05, 3.63) is 30.3 Å². The Kier molecular flexibility index (Phi) is 14.3. The second-order valence-electron chi connectivity index (χ2n) is 8.29. The van der Waals surface area contributed by atoms with Crippen LogP contribution in [0.3, 0.4) is 0 Å². The van der Waals surface area contributed by atoms with E-state index >= 15 is 0 Å². The molecule has 0 saturated heterocycles. The van der Waals surface area contributed by atoms with Crippen molar-refractivity contribution in [1.29, 1.82) is 0 Å². The van der Waals surface area contributed by atoms with Crippen molar-refractivity contribution in [3.63, 3.8) is 0 Å². The van der Waals surface area contributed by atoms with Crippen LogP contribution in [0, 0.1) is 0 Å². The Balaban J connectivity index is 2.82. The number of sulfone groups is 1. The Hall–Kier alpha value is -0.990. The van der Waals surface area contributed by atoms with Crippen LogP contribution in [0.25, 0.3) is 0 Å². The van der Waals surface area contributed by atoms with E-state index in [0.29, 0.717) is 6.42 Å². The average molecular weight is 458 g/mol. The van der Waals surface area contributed by atoms with Gasteiger partial charge < -0.3 is 15.3 Å². The highest BCUT2D eigenvalue weighted by atomic mass is 32.2. The van der Waals surface area contributed by atoms with E-state index < -0.39 is 21.3 Å². The summed E-state index contributed by atoms with van der Waals surface area (Å²) in [5.74, 6) is 0. The van der Waals surface area contributed by atoms with Gasteiger partial charge in [0.15, 0.2) is 14.7 Å². The first-order valence-corrected chi connectivity index (χ1v) is 13.4. The highest BCUT2D eigenvalue weighted by Crippen LogP contribution is 2.34. The van der Waals surface area contributed by atoms with E-state index in [1.54, 1.807) is 18.2 Å². The fraction of sp³-hybridized carbons (Fsp3) is 0.750. The molecule has 0 heterocycles. The van der Waals surface area contributed by atoms with E-state index in [9.17, 15) is 23.7 Å². The summed E-state index contributed by atoms with van der Waals surface area (Å²) in [6.07, 6.45) is 11.6. The first kappa shape index (κ1) is 28.0. The Bertz CT molecular complexity index is 662. The molecule has 0 aliphatic carbocycles. The zero-order chi connectivity index (χ0) is 23.0. The number of hydrogen-bond donors (Lipinski definition) is 3. The summed E-state index contributed by atoms with van der Waals surface area (Å²) in [6.45, 7) is 1.29. The number of aliphatic hydroxyl groups is 3. The summed E-state index contributed by atoms with van der Waals surface area (Å²) < 4.78 is 27.2. The quantitative estimate of drug-likeness (QED) is 0.274. The minimum absolute atomic E-state index is 0.0743. The number of hydrogen-bond acceptors (Lipinski definition) is 6. The monoisotopic (exact) mass is 457 g/mol. The lowest BCUT2D eigenvalue weighted by Gasteiger charge is -2.42. The topological polar surface area (TPSA) is 98.1 Å². The van der Waals surface area contributed by atoms with Gasteiger partial charge in [-0.15, -0.1) is 0 Å². The van der Waals surface area contributed by atoms with E-state index in [4.69, 9.17) is 0 Å². The molecule has 0 radical (unpaired) electrons. The predicted octanol–water partition coefficient (Wildman–Crippen LogP) is 3.75. The Labute approximate surface area is 189 Å². The van der Waals surface area contributed by atoms with Gasteiger partial charge in [-0.05, 0) is 18.6 Å². The molecule has 0 bridgehead atoms. The molecule has 1 atom stereocenters. The molecule has 1 aromatic rings. The van der Waals surface area contributed by atoms with Gasteiger partial charge in [0.05, 0.1) is 24.7 Å². The molecule has 0 aromatic heterocycles. The van der Waals surface area contributed by atoms with Crippen molar-refractivity contribution >= 4 is 9.84 Å². The lowest BCUT2D eigenvalue weighted by atomic mass is 10.0. The molecule has 1 rings (SSSR count). The largest absolute Gasteiger partial charge is 0.395 e. The van der Waals surface area contributed by atoms with Crippen LogP contribution in [0.2, 0.25) is 0 Å². The van der Waals surface area contributed by atoms with Gasteiger partial charge in [0, 0.05) is 13.1 Å². The minimum Gasteiger partial charge on any atom is -0.395 e. The van der Waals surface area contributed by atoms with Crippen molar-refractivity contribution in [2.24, 2.45) is 0 Å². The highest BCUT2D eigenvalue weighted by molar-refractivity contribution is 7.92. The third kappa shape index (κ3) is 8.46. The highest BCUT2D eigenvalue weighted by Gasteiger charge is 2.48. The van der Waals surface area contributed by atoms with Gasteiger partial charge in [-0.25, -0.2) is 8.42 Å². The number of rotatable bonds is 19. The normalized spacial score (nSPS) is 14.1. The zero-order valence-electron chi connectivity index (χ0n) is 19.2. The zero-order valence-corrected chi connectivity index (χ0v) is 20.0. The fourth-order valence-corrected chi connectivity index (χ4v) is 6.25. The maximum absolute atomic E-state index is 13.6. The molecule has 31 heavy (non-hydrogen) atoms. The van der Waals surface area contributed by atoms with Crippen LogP contribution in [0.4, 0.5) is 0 Å². The third-order valence-electron chi connectivity index (χ3n) is 6.04. The van der Waals surface area contributed by atoms with Crippen LogP contribution in [0.5, 0.6) is 0 Å². The number of aliphatic hydroxyl groups excluding tert-OH is 3. The van der Waals surface area contributed by atoms with E-state index in [-0.39, 0.29) is 37.6 Å². The van der Waals surface area contributed by atoms with Gasteiger partial charge in [0.2, 0.25) is 0 Å². The molecule has 1 aromatic carbocycles. The molecule has 0 aliphatic rings. The Morgan fingerprint density at radius 2 is 1.26 bits per heavy atom. The van der Waals surface area contributed by atoms with Gasteiger partial charge in [-0.3, -0.25) is 4.90 Å². The summed E-state index contributed by atoms with van der Waals surface area (Å²) in [7, 11) is -3.91. The SMILES string of the molecule is CCCCCCCCCCCCC(CO)(N(CCO)CCO)S(=O)(=O)c1ccccc1. The van der Waals surface area contributed by atoms with Crippen molar-refractivity contribution in [2.75, 3.05) is 32.9 Å². The number of unbranched alkanes of at least 4 members (excludes halogenated alkanes) is 9. The van der Waals surface area contributed by atoms with E-state index in [2.05, 4.69) is 6.92 Å². The summed E-state index contributed by atoms with van der Waals surface area (Å²) in [5, 5.41) is 29.4. The Morgan fingerprint density at radius 3 is 1.71 bits per heavy atom. The van der Waals surface area contributed by atoms with Crippen LogP contribution < -0.4 is 0 Å². The fourth-order valence-electron chi connectivity index (χ4n) is 4.19. The van der Waals surface area contributed by atoms with Crippen LogP contribution in [-0.4, -0.2) is 66.4 Å². The van der Waals surface area contributed by atoms with Gasteiger partial charge in [-0.1, -0.05) is 89.3 Å². The average Bonchev–Trinajstić information content (AvgIpc) is 2.78. The minimum atomic E-state index is -3.91. The molecule has 0 spiro atoms. The molecule has 3 N–H and O–H groups in total.